The van der Waals surface area contributed by atoms with Crippen LogP contribution < -0.4 is 5.32 Å². The molecule has 1 aliphatic heterocycles. The smallest absolute Gasteiger partial charge is 0.152 e. The molecule has 118 valence electrons. The summed E-state index contributed by atoms with van der Waals surface area (Å²) in [6, 6.07) is 0.0223. The van der Waals surface area contributed by atoms with Crippen molar-refractivity contribution < 1.29 is 8.42 Å². The van der Waals surface area contributed by atoms with E-state index >= 15 is 0 Å². The Kier molecular flexibility index (Phi) is 4.10. The highest BCUT2D eigenvalue weighted by molar-refractivity contribution is 7.91. The summed E-state index contributed by atoms with van der Waals surface area (Å²) < 4.78 is 25.2. The molecule has 1 N–H and O–H groups in total. The van der Waals surface area contributed by atoms with E-state index in [9.17, 15) is 8.42 Å². The Morgan fingerprint density at radius 2 is 2.05 bits per heavy atom. The molecular formula is C15H25N3O2S. The van der Waals surface area contributed by atoms with Crippen LogP contribution in [0.2, 0.25) is 0 Å². The van der Waals surface area contributed by atoms with Crippen molar-refractivity contribution in [1.82, 2.24) is 15.1 Å². The van der Waals surface area contributed by atoms with Gasteiger partial charge in [0.1, 0.15) is 0 Å². The summed E-state index contributed by atoms with van der Waals surface area (Å²) in [7, 11) is -2.86. The Bertz CT molecular complexity index is 617. The largest absolute Gasteiger partial charge is 0.312 e. The van der Waals surface area contributed by atoms with Crippen molar-refractivity contribution >= 4 is 9.84 Å². The zero-order valence-corrected chi connectivity index (χ0v) is 13.7. The molecule has 5 nitrogen and oxygen atoms in total. The molecule has 0 radical (unpaired) electrons. The van der Waals surface area contributed by atoms with Crippen LogP contribution in [0.3, 0.4) is 0 Å². The average Bonchev–Trinajstić information content (AvgIpc) is 2.85. The van der Waals surface area contributed by atoms with Gasteiger partial charge in [0.05, 0.1) is 23.2 Å². The molecule has 21 heavy (non-hydrogen) atoms. The van der Waals surface area contributed by atoms with Gasteiger partial charge in [-0.25, -0.2) is 8.42 Å². The molecular weight excluding hydrogens is 286 g/mol. The molecule has 0 bridgehead atoms. The van der Waals surface area contributed by atoms with Gasteiger partial charge in [-0.1, -0.05) is 6.42 Å². The summed E-state index contributed by atoms with van der Waals surface area (Å²) in [4.78, 5) is 0. The second-order valence-electron chi connectivity index (χ2n) is 6.58. The third-order valence-electron chi connectivity index (χ3n) is 4.99. The first kappa shape index (κ1) is 15.0. The number of nitrogens with zero attached hydrogens (tertiary/aromatic N) is 2. The standard InChI is InChI=1S/C15H25N3O2S/c1-11-15(9-16-8-13-4-3-5-13)12(2)18(17-11)14-6-7-21(19,20)10-14/h13-14,16H,3-10H2,1-2H3. The van der Waals surface area contributed by atoms with Gasteiger partial charge < -0.3 is 5.32 Å². The van der Waals surface area contributed by atoms with E-state index in [1.807, 2.05) is 11.6 Å². The summed E-state index contributed by atoms with van der Waals surface area (Å²) in [6.07, 6.45) is 4.77. The molecule has 1 aromatic heterocycles. The van der Waals surface area contributed by atoms with Gasteiger partial charge in [-0.05, 0) is 45.6 Å². The lowest BCUT2D eigenvalue weighted by Gasteiger charge is -2.25. The van der Waals surface area contributed by atoms with Crippen LogP contribution in [0.5, 0.6) is 0 Å². The molecule has 3 rings (SSSR count). The van der Waals surface area contributed by atoms with Gasteiger partial charge in [0, 0.05) is 17.8 Å². The molecule has 1 atom stereocenters. The predicted molar refractivity (Wildman–Crippen MR) is 83.1 cm³/mol. The van der Waals surface area contributed by atoms with Crippen molar-refractivity contribution in [2.75, 3.05) is 18.1 Å². The van der Waals surface area contributed by atoms with Gasteiger partial charge >= 0.3 is 0 Å². The number of rotatable bonds is 5. The third kappa shape index (κ3) is 3.16. The number of sulfone groups is 1. The SMILES string of the molecule is Cc1nn(C2CCS(=O)(=O)C2)c(C)c1CNCC1CCC1. The van der Waals surface area contributed by atoms with E-state index in [2.05, 4.69) is 17.3 Å². The van der Waals surface area contributed by atoms with Crippen molar-refractivity contribution in [2.45, 2.75) is 52.1 Å². The molecule has 1 saturated heterocycles. The maximum Gasteiger partial charge on any atom is 0.152 e. The highest BCUT2D eigenvalue weighted by Gasteiger charge is 2.31. The second-order valence-corrected chi connectivity index (χ2v) is 8.81. The molecule has 2 heterocycles. The molecule has 6 heteroatoms. The van der Waals surface area contributed by atoms with Crippen LogP contribution in [-0.2, 0) is 16.4 Å². The lowest BCUT2D eigenvalue weighted by Crippen LogP contribution is -2.27. The Morgan fingerprint density at radius 3 is 2.62 bits per heavy atom. The molecule has 2 aliphatic rings. The van der Waals surface area contributed by atoms with Crippen LogP contribution in [-0.4, -0.2) is 36.2 Å². The van der Waals surface area contributed by atoms with Crippen LogP contribution in [0, 0.1) is 19.8 Å². The number of nitrogens with one attached hydrogen (secondary N) is 1. The van der Waals surface area contributed by atoms with Gasteiger partial charge in [0.15, 0.2) is 9.84 Å². The van der Waals surface area contributed by atoms with Crippen molar-refractivity contribution in [3.05, 3.63) is 17.0 Å². The molecule has 0 spiro atoms. The Morgan fingerprint density at radius 1 is 1.29 bits per heavy atom. The quantitative estimate of drug-likeness (QED) is 0.900. The molecule has 1 saturated carbocycles. The molecule has 2 fully saturated rings. The number of hydrogen-bond donors (Lipinski definition) is 1. The van der Waals surface area contributed by atoms with Gasteiger partial charge in [-0.2, -0.15) is 5.10 Å². The minimum Gasteiger partial charge on any atom is -0.312 e. The van der Waals surface area contributed by atoms with Crippen LogP contribution in [0.1, 0.15) is 48.7 Å². The first-order valence-electron chi connectivity index (χ1n) is 7.92. The summed E-state index contributed by atoms with van der Waals surface area (Å²) in [5.41, 5.74) is 3.38. The van der Waals surface area contributed by atoms with Gasteiger partial charge in [-0.15, -0.1) is 0 Å². The second kappa shape index (κ2) is 5.72. The lowest BCUT2D eigenvalue weighted by molar-refractivity contribution is 0.301. The minimum absolute atomic E-state index is 0.0223. The van der Waals surface area contributed by atoms with E-state index in [-0.39, 0.29) is 11.8 Å². The predicted octanol–water partition coefficient (Wildman–Crippen LogP) is 1.75. The van der Waals surface area contributed by atoms with Gasteiger partial charge in [0.25, 0.3) is 0 Å². The minimum atomic E-state index is -2.86. The fraction of sp³-hybridized carbons (Fsp3) is 0.800. The highest BCUT2D eigenvalue weighted by Crippen LogP contribution is 2.27. The van der Waals surface area contributed by atoms with Crippen LogP contribution in [0.4, 0.5) is 0 Å². The Hall–Kier alpha value is -0.880. The van der Waals surface area contributed by atoms with Crippen LogP contribution in [0.25, 0.3) is 0 Å². The maximum atomic E-state index is 11.7. The first-order valence-corrected chi connectivity index (χ1v) is 9.74. The third-order valence-corrected chi connectivity index (χ3v) is 6.74. The van der Waals surface area contributed by atoms with E-state index in [0.717, 1.165) is 30.4 Å². The van der Waals surface area contributed by atoms with Crippen LogP contribution >= 0.6 is 0 Å². The van der Waals surface area contributed by atoms with E-state index in [0.29, 0.717) is 12.2 Å². The van der Waals surface area contributed by atoms with Crippen molar-refractivity contribution in [3.8, 4) is 0 Å². The Labute approximate surface area is 127 Å². The zero-order chi connectivity index (χ0) is 15.0. The average molecular weight is 311 g/mol. The number of aromatic nitrogens is 2. The van der Waals surface area contributed by atoms with Crippen LogP contribution in [0.15, 0.2) is 0 Å². The normalized spacial score (nSPS) is 25.1. The summed E-state index contributed by atoms with van der Waals surface area (Å²) in [5, 5.41) is 8.14. The fourth-order valence-corrected chi connectivity index (χ4v) is 5.07. The highest BCUT2D eigenvalue weighted by atomic mass is 32.2. The van der Waals surface area contributed by atoms with Crippen molar-refractivity contribution in [2.24, 2.45) is 5.92 Å². The topological polar surface area (TPSA) is 64.0 Å². The van der Waals surface area contributed by atoms with Gasteiger partial charge in [-0.3, -0.25) is 4.68 Å². The van der Waals surface area contributed by atoms with Crippen molar-refractivity contribution in [3.63, 3.8) is 0 Å². The molecule has 1 unspecified atom stereocenters. The zero-order valence-electron chi connectivity index (χ0n) is 12.9. The summed E-state index contributed by atoms with van der Waals surface area (Å²) >= 11 is 0. The van der Waals surface area contributed by atoms with Gasteiger partial charge in [0.2, 0.25) is 0 Å². The summed E-state index contributed by atoms with van der Waals surface area (Å²) in [5.74, 6) is 1.38. The first-order chi connectivity index (χ1) is 9.96. The Balaban J connectivity index is 1.67. The van der Waals surface area contributed by atoms with E-state index in [1.54, 1.807) is 0 Å². The molecule has 1 aromatic rings. The molecule has 1 aliphatic carbocycles. The van der Waals surface area contributed by atoms with E-state index in [1.165, 1.54) is 24.8 Å². The molecule has 0 amide bonds. The molecule has 0 aromatic carbocycles. The number of hydrogen-bond acceptors (Lipinski definition) is 4. The monoisotopic (exact) mass is 311 g/mol. The lowest BCUT2D eigenvalue weighted by atomic mass is 9.85. The van der Waals surface area contributed by atoms with E-state index in [4.69, 9.17) is 0 Å². The number of aryl methyl sites for hydroxylation is 1. The van der Waals surface area contributed by atoms with Crippen molar-refractivity contribution in [1.29, 1.82) is 0 Å². The van der Waals surface area contributed by atoms with E-state index < -0.39 is 9.84 Å². The maximum absolute atomic E-state index is 11.7. The fourth-order valence-electron chi connectivity index (χ4n) is 3.37. The summed E-state index contributed by atoms with van der Waals surface area (Å²) in [6.45, 7) is 6.01.